The Bertz CT molecular complexity index is 908. The zero-order chi connectivity index (χ0) is 17.8. The summed E-state index contributed by atoms with van der Waals surface area (Å²) in [7, 11) is 0. The highest BCUT2D eigenvalue weighted by molar-refractivity contribution is 9.10. The Kier molecular flexibility index (Phi) is 5.61. The minimum Gasteiger partial charge on any atom is -0.480 e. The number of halogens is 2. The quantitative estimate of drug-likeness (QED) is 0.547. The van der Waals surface area contributed by atoms with Crippen molar-refractivity contribution in [2.75, 3.05) is 5.32 Å². The van der Waals surface area contributed by atoms with Gasteiger partial charge in [-0.3, -0.25) is 4.79 Å². The van der Waals surface area contributed by atoms with Crippen molar-refractivity contribution in [2.24, 2.45) is 0 Å². The summed E-state index contributed by atoms with van der Waals surface area (Å²) in [5.74, 6) is 0.503. The summed E-state index contributed by atoms with van der Waals surface area (Å²) in [5, 5.41) is 5.47. The molecule has 0 aliphatic rings. The molecule has 0 fully saturated rings. The largest absolute Gasteiger partial charge is 0.480 e. The maximum absolute atomic E-state index is 12.6. The molecule has 3 rings (SSSR count). The molecule has 3 aromatic carbocycles. The first-order valence-corrected chi connectivity index (χ1v) is 9.16. The van der Waals surface area contributed by atoms with Gasteiger partial charge < -0.3 is 10.1 Å². The number of nitrogens with one attached hydrogen (secondary N) is 1. The van der Waals surface area contributed by atoms with Gasteiger partial charge in [0.25, 0.3) is 5.91 Å². The van der Waals surface area contributed by atoms with Gasteiger partial charge in [-0.05, 0) is 52.0 Å². The summed E-state index contributed by atoms with van der Waals surface area (Å²) in [5.41, 5.74) is 0.637. The van der Waals surface area contributed by atoms with Gasteiger partial charge in [0, 0.05) is 15.5 Å². The van der Waals surface area contributed by atoms with E-state index in [2.05, 4.69) is 21.2 Å². The van der Waals surface area contributed by atoms with Gasteiger partial charge in [-0.1, -0.05) is 54.9 Å². The summed E-state index contributed by atoms with van der Waals surface area (Å²) >= 11 is 9.41. The molecule has 3 nitrogen and oxygen atoms in total. The Morgan fingerprint density at radius 3 is 2.68 bits per heavy atom. The van der Waals surface area contributed by atoms with Crippen LogP contribution in [0, 0.1) is 0 Å². The summed E-state index contributed by atoms with van der Waals surface area (Å²) in [4.78, 5) is 12.6. The van der Waals surface area contributed by atoms with Crippen molar-refractivity contribution in [3.63, 3.8) is 0 Å². The predicted octanol–water partition coefficient (Wildman–Crippen LogP) is 6.05. The first-order chi connectivity index (χ1) is 12.1. The topological polar surface area (TPSA) is 38.3 Å². The third-order valence-electron chi connectivity index (χ3n) is 3.87. The summed E-state index contributed by atoms with van der Waals surface area (Å²) < 4.78 is 6.79. The molecule has 0 heterocycles. The highest BCUT2D eigenvalue weighted by Gasteiger charge is 2.19. The second-order valence-corrected chi connectivity index (χ2v) is 6.87. The number of carbonyl (C=O) groups is 1. The number of carbonyl (C=O) groups excluding carboxylic acids is 1. The molecule has 0 aliphatic carbocycles. The second-order valence-electron chi connectivity index (χ2n) is 5.61. The van der Waals surface area contributed by atoms with Crippen LogP contribution in [0.25, 0.3) is 10.8 Å². The lowest BCUT2D eigenvalue weighted by Gasteiger charge is -2.18. The van der Waals surface area contributed by atoms with E-state index in [-0.39, 0.29) is 5.91 Å². The predicted molar refractivity (Wildman–Crippen MR) is 106 cm³/mol. The first kappa shape index (κ1) is 17.8. The van der Waals surface area contributed by atoms with Crippen molar-refractivity contribution in [3.8, 4) is 5.75 Å². The Balaban J connectivity index is 1.79. The van der Waals surface area contributed by atoms with Gasteiger partial charge in [0.05, 0.1) is 5.02 Å². The molecule has 0 radical (unpaired) electrons. The fraction of sp³-hybridized carbons (Fsp3) is 0.150. The average Bonchev–Trinajstić information content (AvgIpc) is 2.62. The van der Waals surface area contributed by atoms with Crippen LogP contribution < -0.4 is 10.1 Å². The fourth-order valence-electron chi connectivity index (χ4n) is 2.57. The van der Waals surface area contributed by atoms with Gasteiger partial charge >= 0.3 is 0 Å². The molecular weight excluding hydrogens is 402 g/mol. The minimum absolute atomic E-state index is 0.200. The SMILES string of the molecule is CCC(Oc1cccc2ccccc12)C(=O)Nc1ccc(Br)c(Cl)c1. The maximum Gasteiger partial charge on any atom is 0.265 e. The zero-order valence-electron chi connectivity index (χ0n) is 13.6. The molecule has 0 aromatic heterocycles. The van der Waals surface area contributed by atoms with Gasteiger partial charge in [-0.15, -0.1) is 0 Å². The smallest absolute Gasteiger partial charge is 0.265 e. The highest BCUT2D eigenvalue weighted by atomic mass is 79.9. The lowest BCUT2D eigenvalue weighted by atomic mass is 10.1. The van der Waals surface area contributed by atoms with Crippen molar-refractivity contribution in [1.82, 2.24) is 0 Å². The number of ether oxygens (including phenoxy) is 1. The number of fused-ring (bicyclic) bond motifs is 1. The molecule has 5 heteroatoms. The van der Waals surface area contributed by atoms with Crippen LogP contribution in [-0.2, 0) is 4.79 Å². The van der Waals surface area contributed by atoms with Crippen molar-refractivity contribution in [2.45, 2.75) is 19.4 Å². The molecule has 0 spiro atoms. The Labute approximate surface area is 160 Å². The lowest BCUT2D eigenvalue weighted by molar-refractivity contribution is -0.122. The number of amides is 1. The van der Waals surface area contributed by atoms with E-state index >= 15 is 0 Å². The van der Waals surface area contributed by atoms with Crippen LogP contribution in [0.5, 0.6) is 5.75 Å². The Morgan fingerprint density at radius 2 is 1.92 bits per heavy atom. The van der Waals surface area contributed by atoms with Crippen molar-refractivity contribution in [1.29, 1.82) is 0 Å². The first-order valence-electron chi connectivity index (χ1n) is 7.99. The van der Waals surface area contributed by atoms with E-state index in [1.807, 2.05) is 49.4 Å². The summed E-state index contributed by atoms with van der Waals surface area (Å²) in [6.45, 7) is 1.92. The van der Waals surface area contributed by atoms with Crippen LogP contribution in [0.4, 0.5) is 5.69 Å². The van der Waals surface area contributed by atoms with E-state index in [9.17, 15) is 4.79 Å². The van der Waals surface area contributed by atoms with Crippen molar-refractivity contribution >= 4 is 49.9 Å². The van der Waals surface area contributed by atoms with E-state index in [1.54, 1.807) is 18.2 Å². The van der Waals surface area contributed by atoms with Crippen LogP contribution in [0.15, 0.2) is 65.1 Å². The van der Waals surface area contributed by atoms with E-state index < -0.39 is 6.10 Å². The van der Waals surface area contributed by atoms with Crippen LogP contribution in [-0.4, -0.2) is 12.0 Å². The molecule has 0 bridgehead atoms. The molecule has 128 valence electrons. The minimum atomic E-state index is -0.590. The number of anilines is 1. The van der Waals surface area contributed by atoms with E-state index in [0.717, 1.165) is 15.2 Å². The molecule has 1 N–H and O–H groups in total. The average molecular weight is 419 g/mol. The highest BCUT2D eigenvalue weighted by Crippen LogP contribution is 2.28. The Morgan fingerprint density at radius 1 is 1.16 bits per heavy atom. The molecule has 3 aromatic rings. The van der Waals surface area contributed by atoms with Crippen LogP contribution in [0.1, 0.15) is 13.3 Å². The van der Waals surface area contributed by atoms with E-state index in [1.165, 1.54) is 0 Å². The second kappa shape index (κ2) is 7.89. The zero-order valence-corrected chi connectivity index (χ0v) is 16.0. The van der Waals surface area contributed by atoms with Gasteiger partial charge in [0.15, 0.2) is 6.10 Å². The molecule has 0 aliphatic heterocycles. The third kappa shape index (κ3) is 4.14. The van der Waals surface area contributed by atoms with E-state index in [0.29, 0.717) is 22.9 Å². The summed E-state index contributed by atoms with van der Waals surface area (Å²) in [6.07, 6.45) is -0.0347. The molecule has 1 atom stereocenters. The molecule has 0 saturated carbocycles. The normalized spacial score (nSPS) is 12.0. The number of benzene rings is 3. The van der Waals surface area contributed by atoms with Crippen molar-refractivity contribution in [3.05, 3.63) is 70.2 Å². The van der Waals surface area contributed by atoms with Gasteiger partial charge in [0.2, 0.25) is 0 Å². The standard InChI is InChI=1S/C20H17BrClNO2/c1-2-18(20(24)23-14-10-11-16(21)17(22)12-14)25-19-9-5-7-13-6-3-4-8-15(13)19/h3-12,18H,2H2,1H3,(H,23,24). The molecule has 1 unspecified atom stereocenters. The Hall–Kier alpha value is -2.04. The summed E-state index contributed by atoms with van der Waals surface area (Å²) in [6, 6.07) is 19.1. The third-order valence-corrected chi connectivity index (χ3v) is 5.10. The number of hydrogen-bond acceptors (Lipinski definition) is 2. The number of hydrogen-bond donors (Lipinski definition) is 1. The van der Waals surface area contributed by atoms with Gasteiger partial charge in [-0.2, -0.15) is 0 Å². The van der Waals surface area contributed by atoms with Gasteiger partial charge in [-0.25, -0.2) is 0 Å². The lowest BCUT2D eigenvalue weighted by Crippen LogP contribution is -2.32. The molecule has 25 heavy (non-hydrogen) atoms. The monoisotopic (exact) mass is 417 g/mol. The maximum atomic E-state index is 12.6. The number of rotatable bonds is 5. The van der Waals surface area contributed by atoms with Crippen LogP contribution in [0.3, 0.4) is 0 Å². The van der Waals surface area contributed by atoms with Crippen LogP contribution >= 0.6 is 27.5 Å². The fourth-order valence-corrected chi connectivity index (χ4v) is 3.00. The van der Waals surface area contributed by atoms with E-state index in [4.69, 9.17) is 16.3 Å². The molecule has 1 amide bonds. The van der Waals surface area contributed by atoms with Gasteiger partial charge in [0.1, 0.15) is 5.75 Å². The molecule has 0 saturated heterocycles. The van der Waals surface area contributed by atoms with Crippen LogP contribution in [0.2, 0.25) is 5.02 Å². The molecular formula is C20H17BrClNO2. The van der Waals surface area contributed by atoms with Crippen molar-refractivity contribution < 1.29 is 9.53 Å².